The van der Waals surface area contributed by atoms with E-state index in [-0.39, 0.29) is 18.5 Å². The summed E-state index contributed by atoms with van der Waals surface area (Å²) in [5, 5.41) is 0. The van der Waals surface area contributed by atoms with Crippen molar-refractivity contribution in [3.63, 3.8) is 0 Å². The van der Waals surface area contributed by atoms with Gasteiger partial charge in [-0.2, -0.15) is 0 Å². The van der Waals surface area contributed by atoms with Crippen molar-refractivity contribution in [2.24, 2.45) is 11.7 Å². The Morgan fingerprint density at radius 3 is 2.60 bits per heavy atom. The first-order valence-electron chi connectivity index (χ1n) is 5.11. The number of likely N-dealkylation sites (N-methyl/N-ethyl adjacent to an activating group) is 1. The van der Waals surface area contributed by atoms with Crippen LogP contribution < -0.4 is 5.73 Å². The second kappa shape index (κ2) is 5.11. The van der Waals surface area contributed by atoms with E-state index in [1.54, 1.807) is 7.05 Å². The summed E-state index contributed by atoms with van der Waals surface area (Å²) in [4.78, 5) is 23.8. The van der Waals surface area contributed by atoms with Gasteiger partial charge in [0, 0.05) is 19.5 Å². The van der Waals surface area contributed by atoms with Crippen LogP contribution in [0.4, 0.5) is 0 Å². The van der Waals surface area contributed by atoms with Crippen LogP contribution >= 0.6 is 0 Å². The fourth-order valence-electron chi connectivity index (χ4n) is 1.39. The molecule has 0 spiro atoms. The Balaban J connectivity index is 2.28. The average Bonchev–Trinajstić information content (AvgIpc) is 3.00. The normalized spacial score (nSPS) is 17.0. The zero-order chi connectivity index (χ0) is 11.4. The quantitative estimate of drug-likeness (QED) is 0.640. The van der Waals surface area contributed by atoms with Gasteiger partial charge in [0.1, 0.15) is 6.54 Å². The summed E-state index contributed by atoms with van der Waals surface area (Å²) in [5.74, 6) is -0.00822. The van der Waals surface area contributed by atoms with Crippen LogP contribution in [-0.2, 0) is 14.3 Å². The fourth-order valence-corrected chi connectivity index (χ4v) is 1.39. The smallest absolute Gasteiger partial charge is 0.325 e. The number of ether oxygens (including phenoxy) is 1. The molecule has 1 aliphatic rings. The van der Waals surface area contributed by atoms with Crippen LogP contribution in [0.25, 0.3) is 0 Å². The Hall–Kier alpha value is -1.10. The van der Waals surface area contributed by atoms with Gasteiger partial charge >= 0.3 is 5.97 Å². The van der Waals surface area contributed by atoms with Gasteiger partial charge in [0.2, 0.25) is 5.91 Å². The van der Waals surface area contributed by atoms with Gasteiger partial charge in [-0.1, -0.05) is 0 Å². The highest BCUT2D eigenvalue weighted by atomic mass is 16.5. The highest BCUT2D eigenvalue weighted by Crippen LogP contribution is 2.32. The molecule has 5 nitrogen and oxygen atoms in total. The van der Waals surface area contributed by atoms with E-state index < -0.39 is 5.97 Å². The molecule has 0 aromatic carbocycles. The maximum Gasteiger partial charge on any atom is 0.325 e. The summed E-state index contributed by atoms with van der Waals surface area (Å²) in [7, 11) is 2.88. The van der Waals surface area contributed by atoms with Crippen molar-refractivity contribution in [1.82, 2.24) is 4.90 Å². The van der Waals surface area contributed by atoms with Crippen molar-refractivity contribution in [2.45, 2.75) is 25.3 Å². The molecule has 1 rings (SSSR count). The maximum atomic E-state index is 11.6. The van der Waals surface area contributed by atoms with E-state index in [4.69, 9.17) is 5.73 Å². The lowest BCUT2D eigenvalue weighted by Crippen LogP contribution is -2.37. The summed E-state index contributed by atoms with van der Waals surface area (Å²) in [6.45, 7) is -0.00722. The SMILES string of the molecule is COC(=O)CN(C)C(=O)CC(N)C1CC1. The number of amides is 1. The second-order valence-corrected chi connectivity index (χ2v) is 4.03. The van der Waals surface area contributed by atoms with Crippen molar-refractivity contribution < 1.29 is 14.3 Å². The molecule has 0 aromatic heterocycles. The number of hydrogen-bond acceptors (Lipinski definition) is 4. The van der Waals surface area contributed by atoms with Gasteiger partial charge < -0.3 is 15.4 Å². The molecule has 1 aliphatic carbocycles. The molecule has 1 atom stereocenters. The average molecular weight is 214 g/mol. The van der Waals surface area contributed by atoms with Crippen molar-refractivity contribution in [2.75, 3.05) is 20.7 Å². The van der Waals surface area contributed by atoms with Gasteiger partial charge in [-0.25, -0.2) is 0 Å². The Kier molecular flexibility index (Phi) is 4.08. The summed E-state index contributed by atoms with van der Waals surface area (Å²) >= 11 is 0. The topological polar surface area (TPSA) is 72.6 Å². The third-order valence-corrected chi connectivity index (χ3v) is 2.66. The predicted molar refractivity (Wildman–Crippen MR) is 55.0 cm³/mol. The van der Waals surface area contributed by atoms with Crippen LogP contribution in [0.5, 0.6) is 0 Å². The van der Waals surface area contributed by atoms with Gasteiger partial charge in [-0.05, 0) is 18.8 Å². The number of rotatable bonds is 5. The van der Waals surface area contributed by atoms with Gasteiger partial charge in [-0.3, -0.25) is 9.59 Å². The third kappa shape index (κ3) is 3.87. The molecule has 0 radical (unpaired) electrons. The first-order valence-corrected chi connectivity index (χ1v) is 5.11. The molecule has 5 heteroatoms. The van der Waals surface area contributed by atoms with Crippen LogP contribution in [0.15, 0.2) is 0 Å². The fraction of sp³-hybridized carbons (Fsp3) is 0.800. The molecule has 86 valence electrons. The van der Waals surface area contributed by atoms with Crippen molar-refractivity contribution in [1.29, 1.82) is 0 Å². The van der Waals surface area contributed by atoms with Gasteiger partial charge in [-0.15, -0.1) is 0 Å². The lowest BCUT2D eigenvalue weighted by Gasteiger charge is -2.18. The molecular formula is C10H18N2O3. The van der Waals surface area contributed by atoms with E-state index in [1.165, 1.54) is 12.0 Å². The first kappa shape index (κ1) is 12.0. The van der Waals surface area contributed by atoms with E-state index in [0.29, 0.717) is 12.3 Å². The summed E-state index contributed by atoms with van der Waals surface area (Å²) in [5.41, 5.74) is 5.82. The monoisotopic (exact) mass is 214 g/mol. The number of nitrogens with zero attached hydrogens (tertiary/aromatic N) is 1. The first-order chi connectivity index (χ1) is 7.04. The molecule has 0 heterocycles. The van der Waals surface area contributed by atoms with E-state index in [0.717, 1.165) is 12.8 Å². The van der Waals surface area contributed by atoms with Crippen molar-refractivity contribution >= 4 is 11.9 Å². The van der Waals surface area contributed by atoms with Crippen molar-refractivity contribution in [3.8, 4) is 0 Å². The lowest BCUT2D eigenvalue weighted by molar-refractivity contribution is -0.146. The van der Waals surface area contributed by atoms with E-state index >= 15 is 0 Å². The molecule has 1 amide bonds. The van der Waals surface area contributed by atoms with Crippen LogP contribution in [0.3, 0.4) is 0 Å². The molecule has 0 saturated heterocycles. The lowest BCUT2D eigenvalue weighted by atomic mass is 10.1. The minimum Gasteiger partial charge on any atom is -0.468 e. The van der Waals surface area contributed by atoms with Crippen LogP contribution in [0, 0.1) is 5.92 Å². The molecular weight excluding hydrogens is 196 g/mol. The Bertz CT molecular complexity index is 251. The van der Waals surface area contributed by atoms with Gasteiger partial charge in [0.05, 0.1) is 7.11 Å². The predicted octanol–water partition coefficient (Wildman–Crippen LogP) is -0.255. The Labute approximate surface area is 89.6 Å². The highest BCUT2D eigenvalue weighted by Gasteiger charge is 2.30. The Morgan fingerprint density at radius 1 is 1.53 bits per heavy atom. The summed E-state index contributed by atoms with van der Waals surface area (Å²) < 4.78 is 4.47. The maximum absolute atomic E-state index is 11.6. The van der Waals surface area contributed by atoms with E-state index in [1.807, 2.05) is 0 Å². The van der Waals surface area contributed by atoms with Crippen LogP contribution in [0.2, 0.25) is 0 Å². The number of hydrogen-bond donors (Lipinski definition) is 1. The molecule has 1 saturated carbocycles. The molecule has 2 N–H and O–H groups in total. The number of methoxy groups -OCH3 is 1. The standard InChI is InChI=1S/C10H18N2O3/c1-12(6-10(14)15-2)9(13)5-8(11)7-3-4-7/h7-8H,3-6,11H2,1-2H3. The van der Waals surface area contributed by atoms with Gasteiger partial charge in [0.25, 0.3) is 0 Å². The number of carbonyl (C=O) groups excluding carboxylic acids is 2. The largest absolute Gasteiger partial charge is 0.468 e. The minimum absolute atomic E-state index is 0.00722. The molecule has 0 bridgehead atoms. The van der Waals surface area contributed by atoms with Crippen LogP contribution in [-0.4, -0.2) is 43.5 Å². The van der Waals surface area contributed by atoms with E-state index in [2.05, 4.69) is 4.74 Å². The van der Waals surface area contributed by atoms with Crippen molar-refractivity contribution in [3.05, 3.63) is 0 Å². The highest BCUT2D eigenvalue weighted by molar-refractivity contribution is 5.82. The van der Waals surface area contributed by atoms with E-state index in [9.17, 15) is 9.59 Å². The number of nitrogens with two attached hydrogens (primary N) is 1. The second-order valence-electron chi connectivity index (χ2n) is 4.03. The van der Waals surface area contributed by atoms with Gasteiger partial charge in [0.15, 0.2) is 0 Å². The minimum atomic E-state index is -0.411. The number of esters is 1. The Morgan fingerprint density at radius 2 is 2.13 bits per heavy atom. The zero-order valence-corrected chi connectivity index (χ0v) is 9.23. The zero-order valence-electron chi connectivity index (χ0n) is 9.23. The molecule has 0 aromatic rings. The third-order valence-electron chi connectivity index (χ3n) is 2.66. The molecule has 1 fully saturated rings. The van der Waals surface area contributed by atoms with Crippen LogP contribution in [0.1, 0.15) is 19.3 Å². The number of carbonyl (C=O) groups is 2. The molecule has 1 unspecified atom stereocenters. The molecule has 0 aliphatic heterocycles. The summed E-state index contributed by atoms with van der Waals surface area (Å²) in [6.07, 6.45) is 2.56. The molecule has 15 heavy (non-hydrogen) atoms. The summed E-state index contributed by atoms with van der Waals surface area (Å²) in [6, 6.07) is -0.0578.